The zero-order chi connectivity index (χ0) is 18.2. The molecule has 0 N–H and O–H groups in total. The van der Waals surface area contributed by atoms with Gasteiger partial charge < -0.3 is 4.90 Å². The Labute approximate surface area is 161 Å². The maximum atomic E-state index is 13.2. The molecule has 1 heterocycles. The zero-order valence-corrected chi connectivity index (χ0v) is 16.5. The Balaban J connectivity index is 1.39. The molecule has 136 valence electrons. The molecule has 1 aliphatic carbocycles. The number of amides is 1. The monoisotopic (exact) mass is 365 g/mol. The highest BCUT2D eigenvalue weighted by molar-refractivity contribution is 8.01. The number of hydrogen-bond donors (Lipinski definition) is 0. The van der Waals surface area contributed by atoms with Crippen molar-refractivity contribution in [3.05, 3.63) is 65.7 Å². The lowest BCUT2D eigenvalue weighted by Crippen LogP contribution is -2.49. The van der Waals surface area contributed by atoms with Crippen molar-refractivity contribution in [3.63, 3.8) is 0 Å². The molecule has 1 saturated heterocycles. The summed E-state index contributed by atoms with van der Waals surface area (Å²) < 4.78 is -0.426. The summed E-state index contributed by atoms with van der Waals surface area (Å²) in [5, 5.41) is 0. The molecule has 0 saturated carbocycles. The van der Waals surface area contributed by atoms with Crippen molar-refractivity contribution in [2.75, 3.05) is 13.1 Å². The Kier molecular flexibility index (Phi) is 4.60. The van der Waals surface area contributed by atoms with Crippen LogP contribution in [0.5, 0.6) is 0 Å². The van der Waals surface area contributed by atoms with Gasteiger partial charge in [0.1, 0.15) is 0 Å². The van der Waals surface area contributed by atoms with Crippen LogP contribution in [0, 0.1) is 5.41 Å². The standard InChI is InChI=1S/C23H27NOS/c1-22(2,26-20-10-4-3-5-11-20)21(25)24-14-12-23(13-15-24)16-18-8-6-7-9-19(18)17-23/h3-11H,12-17H2,1-2H3. The molecule has 26 heavy (non-hydrogen) atoms. The summed E-state index contributed by atoms with van der Waals surface area (Å²) in [6.07, 6.45) is 4.62. The van der Waals surface area contributed by atoms with E-state index < -0.39 is 4.75 Å². The molecule has 2 nitrogen and oxygen atoms in total. The van der Waals surface area contributed by atoms with Crippen LogP contribution in [0.15, 0.2) is 59.5 Å². The molecular weight excluding hydrogens is 338 g/mol. The van der Waals surface area contributed by atoms with Gasteiger partial charge in [0, 0.05) is 18.0 Å². The third kappa shape index (κ3) is 3.42. The average molecular weight is 366 g/mol. The maximum absolute atomic E-state index is 13.2. The zero-order valence-electron chi connectivity index (χ0n) is 15.7. The van der Waals surface area contributed by atoms with Crippen LogP contribution in [0.25, 0.3) is 0 Å². The second-order valence-corrected chi connectivity index (χ2v) is 10.0. The minimum atomic E-state index is -0.426. The Morgan fingerprint density at radius 2 is 1.46 bits per heavy atom. The number of thioether (sulfide) groups is 1. The predicted molar refractivity (Wildman–Crippen MR) is 108 cm³/mol. The maximum Gasteiger partial charge on any atom is 0.238 e. The van der Waals surface area contributed by atoms with Crippen LogP contribution < -0.4 is 0 Å². The fraction of sp³-hybridized carbons (Fsp3) is 0.435. The first kappa shape index (κ1) is 17.7. The summed E-state index contributed by atoms with van der Waals surface area (Å²) in [6.45, 7) is 5.91. The van der Waals surface area contributed by atoms with E-state index in [-0.39, 0.29) is 5.91 Å². The highest BCUT2D eigenvalue weighted by Crippen LogP contribution is 2.45. The molecule has 2 aromatic rings. The second kappa shape index (κ2) is 6.77. The average Bonchev–Trinajstić information content (AvgIpc) is 3.00. The molecule has 3 heteroatoms. The number of benzene rings is 2. The van der Waals surface area contributed by atoms with Gasteiger partial charge in [0.05, 0.1) is 4.75 Å². The molecule has 1 amide bonds. The normalized spacial score (nSPS) is 18.8. The van der Waals surface area contributed by atoms with Crippen molar-refractivity contribution in [3.8, 4) is 0 Å². The van der Waals surface area contributed by atoms with E-state index in [0.717, 1.165) is 30.8 Å². The Morgan fingerprint density at radius 3 is 2.04 bits per heavy atom. The molecule has 0 aromatic heterocycles. The van der Waals surface area contributed by atoms with Gasteiger partial charge in [0.15, 0.2) is 0 Å². The van der Waals surface area contributed by atoms with Crippen molar-refractivity contribution in [1.29, 1.82) is 0 Å². The molecule has 0 atom stereocenters. The fourth-order valence-electron chi connectivity index (χ4n) is 4.52. The van der Waals surface area contributed by atoms with Gasteiger partial charge in [-0.25, -0.2) is 0 Å². The third-order valence-electron chi connectivity index (χ3n) is 5.99. The predicted octanol–water partition coefficient (Wildman–Crippen LogP) is 4.96. The minimum absolute atomic E-state index is 0.275. The lowest BCUT2D eigenvalue weighted by molar-refractivity contribution is -0.135. The fourth-order valence-corrected chi connectivity index (χ4v) is 5.62. The number of piperidine rings is 1. The summed E-state index contributed by atoms with van der Waals surface area (Å²) in [7, 11) is 0. The van der Waals surface area contributed by atoms with E-state index in [4.69, 9.17) is 0 Å². The largest absolute Gasteiger partial charge is 0.341 e. The smallest absolute Gasteiger partial charge is 0.238 e. The van der Waals surface area contributed by atoms with E-state index in [1.54, 1.807) is 11.8 Å². The van der Waals surface area contributed by atoms with Gasteiger partial charge >= 0.3 is 0 Å². The van der Waals surface area contributed by atoms with Crippen LogP contribution in [0.3, 0.4) is 0 Å². The first-order chi connectivity index (χ1) is 12.5. The van der Waals surface area contributed by atoms with Gasteiger partial charge in [-0.1, -0.05) is 42.5 Å². The van der Waals surface area contributed by atoms with Crippen LogP contribution in [-0.2, 0) is 17.6 Å². The number of carbonyl (C=O) groups is 1. The van der Waals surface area contributed by atoms with E-state index in [9.17, 15) is 4.79 Å². The summed E-state index contributed by atoms with van der Waals surface area (Å²) in [4.78, 5) is 16.4. The van der Waals surface area contributed by atoms with Crippen LogP contribution in [0.4, 0.5) is 0 Å². The van der Waals surface area contributed by atoms with Crippen molar-refractivity contribution >= 4 is 17.7 Å². The molecule has 2 aliphatic rings. The molecular formula is C23H27NOS. The van der Waals surface area contributed by atoms with Crippen molar-refractivity contribution in [2.24, 2.45) is 5.41 Å². The Hall–Kier alpha value is -1.74. The molecule has 2 aromatic carbocycles. The van der Waals surface area contributed by atoms with E-state index in [1.807, 2.05) is 18.2 Å². The summed E-state index contributed by atoms with van der Waals surface area (Å²) >= 11 is 1.67. The highest BCUT2D eigenvalue weighted by Gasteiger charge is 2.42. The number of hydrogen-bond acceptors (Lipinski definition) is 2. The van der Waals surface area contributed by atoms with E-state index in [0.29, 0.717) is 5.41 Å². The molecule has 0 unspecified atom stereocenters. The number of rotatable bonds is 3. The highest BCUT2D eigenvalue weighted by atomic mass is 32.2. The summed E-state index contributed by atoms with van der Waals surface area (Å²) in [6, 6.07) is 19.1. The van der Waals surface area contributed by atoms with Crippen molar-refractivity contribution < 1.29 is 4.79 Å². The van der Waals surface area contributed by atoms with Crippen LogP contribution >= 0.6 is 11.8 Å². The number of likely N-dealkylation sites (tertiary alicyclic amines) is 1. The molecule has 1 aliphatic heterocycles. The molecule has 1 spiro atoms. The first-order valence-electron chi connectivity index (χ1n) is 9.58. The van der Waals surface area contributed by atoms with Crippen molar-refractivity contribution in [1.82, 2.24) is 4.90 Å². The Bertz CT molecular complexity index is 764. The van der Waals surface area contributed by atoms with Gasteiger partial charge in [-0.15, -0.1) is 11.8 Å². The summed E-state index contributed by atoms with van der Waals surface area (Å²) in [5.74, 6) is 0.275. The first-order valence-corrected chi connectivity index (χ1v) is 10.4. The molecule has 1 fully saturated rings. The van der Waals surface area contributed by atoms with Gasteiger partial charge in [0.25, 0.3) is 0 Å². The third-order valence-corrected chi connectivity index (χ3v) is 7.18. The van der Waals surface area contributed by atoms with Gasteiger partial charge in [-0.3, -0.25) is 4.79 Å². The van der Waals surface area contributed by atoms with Gasteiger partial charge in [-0.2, -0.15) is 0 Å². The Morgan fingerprint density at radius 1 is 0.923 bits per heavy atom. The molecule has 4 rings (SSSR count). The van der Waals surface area contributed by atoms with Gasteiger partial charge in [-0.05, 0) is 68.2 Å². The number of fused-ring (bicyclic) bond motifs is 1. The SMILES string of the molecule is CC(C)(Sc1ccccc1)C(=O)N1CCC2(CC1)Cc1ccccc1C2. The van der Waals surface area contributed by atoms with E-state index >= 15 is 0 Å². The lowest BCUT2D eigenvalue weighted by Gasteiger charge is -2.42. The van der Waals surface area contributed by atoms with Crippen LogP contribution in [-0.4, -0.2) is 28.6 Å². The van der Waals surface area contributed by atoms with Crippen LogP contribution in [0.1, 0.15) is 37.8 Å². The van der Waals surface area contributed by atoms with E-state index in [1.165, 1.54) is 24.0 Å². The van der Waals surface area contributed by atoms with Gasteiger partial charge in [0.2, 0.25) is 5.91 Å². The minimum Gasteiger partial charge on any atom is -0.341 e. The molecule has 0 bridgehead atoms. The quantitative estimate of drug-likeness (QED) is 0.716. The second-order valence-electron chi connectivity index (χ2n) is 8.34. The number of carbonyl (C=O) groups excluding carboxylic acids is 1. The lowest BCUT2D eigenvalue weighted by atomic mass is 9.76. The summed E-state index contributed by atoms with van der Waals surface area (Å²) in [5.41, 5.74) is 3.43. The van der Waals surface area contributed by atoms with E-state index in [2.05, 4.69) is 55.1 Å². The molecule has 0 radical (unpaired) electrons. The van der Waals surface area contributed by atoms with Crippen LogP contribution in [0.2, 0.25) is 0 Å². The topological polar surface area (TPSA) is 20.3 Å². The number of nitrogens with zero attached hydrogens (tertiary/aromatic N) is 1. The van der Waals surface area contributed by atoms with Crippen molar-refractivity contribution in [2.45, 2.75) is 49.2 Å².